The zero-order valence-corrected chi connectivity index (χ0v) is 11.3. The lowest BCUT2D eigenvalue weighted by Crippen LogP contribution is -2.13. The van der Waals surface area contributed by atoms with Crippen molar-refractivity contribution < 1.29 is 9.63 Å². The minimum atomic E-state index is -0.0612. The molecule has 0 radical (unpaired) electrons. The molecule has 19 heavy (non-hydrogen) atoms. The molecular formula is C16H19NO2. The van der Waals surface area contributed by atoms with Crippen LogP contribution in [0.2, 0.25) is 0 Å². The first-order valence-corrected chi connectivity index (χ1v) is 6.07. The van der Waals surface area contributed by atoms with Crippen molar-refractivity contribution in [2.75, 3.05) is 12.1 Å². The molecule has 0 aliphatic rings. The summed E-state index contributed by atoms with van der Waals surface area (Å²) < 4.78 is 0. The van der Waals surface area contributed by atoms with E-state index < -0.39 is 0 Å². The van der Waals surface area contributed by atoms with Crippen LogP contribution in [0.5, 0.6) is 0 Å². The van der Waals surface area contributed by atoms with Crippen molar-refractivity contribution in [2.24, 2.45) is 0 Å². The lowest BCUT2D eigenvalue weighted by molar-refractivity contribution is -0.119. The number of benzene rings is 1. The predicted octanol–water partition coefficient (Wildman–Crippen LogP) is 3.60. The minimum absolute atomic E-state index is 0.00178. The summed E-state index contributed by atoms with van der Waals surface area (Å²) in [5.41, 5.74) is 5.36. The van der Waals surface area contributed by atoms with Crippen LogP contribution in [0.1, 0.15) is 12.5 Å². The molecule has 0 atom stereocenters. The summed E-state index contributed by atoms with van der Waals surface area (Å²) in [5, 5.41) is 0. The van der Waals surface area contributed by atoms with Crippen LogP contribution in [0.4, 0.5) is 5.69 Å². The summed E-state index contributed by atoms with van der Waals surface area (Å²) in [6.45, 7) is 7.31. The largest absolute Gasteiger partial charge is 0.292 e. The summed E-state index contributed by atoms with van der Waals surface area (Å²) in [7, 11) is 0. The fourth-order valence-electron chi connectivity index (χ4n) is 1.38. The second kappa shape index (κ2) is 8.06. The van der Waals surface area contributed by atoms with Gasteiger partial charge in [0.2, 0.25) is 0 Å². The van der Waals surface area contributed by atoms with Crippen LogP contribution < -0.4 is 5.48 Å². The molecule has 0 saturated carbocycles. The molecule has 3 heteroatoms. The van der Waals surface area contributed by atoms with Crippen molar-refractivity contribution in [1.29, 1.82) is 0 Å². The Labute approximate surface area is 114 Å². The topological polar surface area (TPSA) is 38.3 Å². The SMILES string of the molecule is C=C/C=C\C=C(/C)C(=O)CONc1cccc(C)c1. The number of ketones is 1. The molecule has 0 aliphatic heterocycles. The number of carbonyl (C=O) groups is 1. The summed E-state index contributed by atoms with van der Waals surface area (Å²) >= 11 is 0. The summed E-state index contributed by atoms with van der Waals surface area (Å²) in [4.78, 5) is 16.9. The van der Waals surface area contributed by atoms with E-state index in [0.29, 0.717) is 5.57 Å². The number of Topliss-reactive ketones (excluding diaryl/α,β-unsaturated/α-hetero) is 1. The molecule has 0 spiro atoms. The van der Waals surface area contributed by atoms with Crippen molar-refractivity contribution in [1.82, 2.24) is 0 Å². The summed E-state index contributed by atoms with van der Waals surface area (Å²) in [5.74, 6) is -0.0612. The third-order valence-electron chi connectivity index (χ3n) is 2.44. The third-order valence-corrected chi connectivity index (χ3v) is 2.44. The smallest absolute Gasteiger partial charge is 0.186 e. The van der Waals surface area contributed by atoms with Gasteiger partial charge in [0.1, 0.15) is 6.61 Å². The van der Waals surface area contributed by atoms with Gasteiger partial charge in [-0.15, -0.1) is 0 Å². The van der Waals surface area contributed by atoms with Gasteiger partial charge in [0.05, 0.1) is 5.69 Å². The molecule has 1 rings (SSSR count). The molecular weight excluding hydrogens is 238 g/mol. The van der Waals surface area contributed by atoms with Gasteiger partial charge in [0.15, 0.2) is 5.78 Å². The average Bonchev–Trinajstić information content (AvgIpc) is 2.39. The van der Waals surface area contributed by atoms with E-state index in [1.54, 1.807) is 31.2 Å². The number of anilines is 1. The first-order valence-electron chi connectivity index (χ1n) is 6.07. The van der Waals surface area contributed by atoms with Crippen LogP contribution in [-0.2, 0) is 9.63 Å². The lowest BCUT2D eigenvalue weighted by Gasteiger charge is -2.07. The molecule has 0 amide bonds. The van der Waals surface area contributed by atoms with E-state index in [0.717, 1.165) is 11.3 Å². The monoisotopic (exact) mass is 257 g/mol. The number of carbonyl (C=O) groups excluding carboxylic acids is 1. The number of aryl methyl sites for hydroxylation is 1. The Morgan fingerprint density at radius 2 is 2.21 bits per heavy atom. The Bertz CT molecular complexity index is 501. The fourth-order valence-corrected chi connectivity index (χ4v) is 1.38. The maximum atomic E-state index is 11.7. The number of hydrogen-bond acceptors (Lipinski definition) is 3. The zero-order chi connectivity index (χ0) is 14.1. The van der Waals surface area contributed by atoms with Gasteiger partial charge in [-0.1, -0.05) is 43.0 Å². The van der Waals surface area contributed by atoms with Gasteiger partial charge < -0.3 is 0 Å². The molecule has 1 aromatic rings. The van der Waals surface area contributed by atoms with Crippen molar-refractivity contribution in [2.45, 2.75) is 13.8 Å². The number of hydrogen-bond donors (Lipinski definition) is 1. The number of rotatable bonds is 7. The van der Waals surface area contributed by atoms with Crippen LogP contribution in [0.15, 0.2) is 60.7 Å². The van der Waals surface area contributed by atoms with Crippen LogP contribution in [0, 0.1) is 6.92 Å². The van der Waals surface area contributed by atoms with Gasteiger partial charge in [-0.2, -0.15) is 0 Å². The molecule has 1 aromatic carbocycles. The second-order valence-electron chi connectivity index (χ2n) is 4.15. The maximum absolute atomic E-state index is 11.7. The van der Waals surface area contributed by atoms with Crippen molar-refractivity contribution in [3.63, 3.8) is 0 Å². The molecule has 3 nitrogen and oxygen atoms in total. The highest BCUT2D eigenvalue weighted by Gasteiger charge is 2.03. The normalized spacial score (nSPS) is 11.6. The average molecular weight is 257 g/mol. The molecule has 0 aromatic heterocycles. The van der Waals surface area contributed by atoms with Crippen LogP contribution in [-0.4, -0.2) is 12.4 Å². The van der Waals surface area contributed by atoms with E-state index in [-0.39, 0.29) is 12.4 Å². The van der Waals surface area contributed by atoms with E-state index in [9.17, 15) is 4.79 Å². The minimum Gasteiger partial charge on any atom is -0.292 e. The van der Waals surface area contributed by atoms with Gasteiger partial charge in [0, 0.05) is 0 Å². The van der Waals surface area contributed by atoms with Gasteiger partial charge in [-0.3, -0.25) is 15.1 Å². The van der Waals surface area contributed by atoms with Crippen molar-refractivity contribution in [3.05, 3.63) is 66.3 Å². The third kappa shape index (κ3) is 5.84. The highest BCUT2D eigenvalue weighted by atomic mass is 16.6. The van der Waals surface area contributed by atoms with Gasteiger partial charge in [-0.25, -0.2) is 0 Å². The molecule has 0 heterocycles. The Balaban J connectivity index is 2.40. The van der Waals surface area contributed by atoms with E-state index in [1.807, 2.05) is 31.2 Å². The first kappa shape index (κ1) is 14.9. The second-order valence-corrected chi connectivity index (χ2v) is 4.15. The van der Waals surface area contributed by atoms with Crippen molar-refractivity contribution >= 4 is 11.5 Å². The molecule has 0 saturated heterocycles. The number of nitrogens with one attached hydrogen (secondary N) is 1. The molecule has 100 valence electrons. The molecule has 0 unspecified atom stereocenters. The van der Waals surface area contributed by atoms with E-state index in [1.165, 1.54) is 0 Å². The lowest BCUT2D eigenvalue weighted by atomic mass is 10.2. The van der Waals surface area contributed by atoms with Gasteiger partial charge in [-0.05, 0) is 37.1 Å². The summed E-state index contributed by atoms with van der Waals surface area (Å²) in [6.07, 6.45) is 6.93. The fraction of sp³-hybridized carbons (Fsp3) is 0.188. The Morgan fingerprint density at radius 1 is 1.42 bits per heavy atom. The molecule has 0 fully saturated rings. The Morgan fingerprint density at radius 3 is 2.89 bits per heavy atom. The predicted molar refractivity (Wildman–Crippen MR) is 78.9 cm³/mol. The van der Waals surface area contributed by atoms with Crippen molar-refractivity contribution in [3.8, 4) is 0 Å². The molecule has 0 aliphatic carbocycles. The highest BCUT2D eigenvalue weighted by molar-refractivity contribution is 5.96. The first-order chi connectivity index (χ1) is 9.13. The van der Waals surface area contributed by atoms with Crippen LogP contribution in [0.3, 0.4) is 0 Å². The van der Waals surface area contributed by atoms with E-state index in [4.69, 9.17) is 4.84 Å². The van der Waals surface area contributed by atoms with Crippen LogP contribution in [0.25, 0.3) is 0 Å². The quantitative estimate of drug-likeness (QED) is 0.461. The zero-order valence-electron chi connectivity index (χ0n) is 11.3. The maximum Gasteiger partial charge on any atom is 0.186 e. The van der Waals surface area contributed by atoms with Gasteiger partial charge in [0.25, 0.3) is 0 Å². The number of allylic oxidation sites excluding steroid dienone is 4. The van der Waals surface area contributed by atoms with E-state index in [2.05, 4.69) is 12.1 Å². The standard InChI is InChI=1S/C16H19NO2/c1-4-5-6-9-14(3)16(18)12-19-17-15-10-7-8-13(2)11-15/h4-11,17H,1,12H2,2-3H3/b6-5-,14-9+. The Kier molecular flexibility index (Phi) is 6.33. The van der Waals surface area contributed by atoms with E-state index >= 15 is 0 Å². The van der Waals surface area contributed by atoms with Crippen LogP contribution >= 0.6 is 0 Å². The van der Waals surface area contributed by atoms with Gasteiger partial charge >= 0.3 is 0 Å². The molecule has 0 bridgehead atoms. The Hall–Kier alpha value is -2.13. The highest BCUT2D eigenvalue weighted by Crippen LogP contribution is 2.09. The summed E-state index contributed by atoms with van der Waals surface area (Å²) in [6, 6.07) is 7.75. The molecule has 1 N–H and O–H groups in total.